The number of carbonyl (C=O) groups excluding carboxylic acids is 2. The molecule has 0 amide bonds. The van der Waals surface area contributed by atoms with Crippen molar-refractivity contribution < 1.29 is 19.4 Å². The first-order valence-corrected chi connectivity index (χ1v) is 23.1. The molecule has 0 bridgehead atoms. The highest BCUT2D eigenvalue weighted by atomic mass is 16.5. The normalized spacial score (nSPS) is 12.8. The first-order chi connectivity index (χ1) is 25.0. The molecule has 0 fully saturated rings. The summed E-state index contributed by atoms with van der Waals surface area (Å²) in [6.07, 6.45) is 39.1. The van der Waals surface area contributed by atoms with E-state index >= 15 is 0 Å². The molecule has 51 heavy (non-hydrogen) atoms. The van der Waals surface area contributed by atoms with Gasteiger partial charge in [0.15, 0.2) is 0 Å². The minimum absolute atomic E-state index is 0.0561. The fraction of sp³-hybridized carbons (Fsp3) is 0.957. The summed E-state index contributed by atoms with van der Waals surface area (Å²) in [5.41, 5.74) is 0. The van der Waals surface area contributed by atoms with Crippen molar-refractivity contribution >= 4 is 11.8 Å². The van der Waals surface area contributed by atoms with Crippen molar-refractivity contribution in [2.24, 2.45) is 11.8 Å². The summed E-state index contributed by atoms with van der Waals surface area (Å²) < 4.78 is 5.70. The van der Waals surface area contributed by atoms with Crippen LogP contribution in [0.4, 0.5) is 0 Å². The second-order valence-electron chi connectivity index (χ2n) is 16.0. The van der Waals surface area contributed by atoms with E-state index in [1.807, 2.05) is 0 Å². The maximum atomic E-state index is 12.9. The van der Waals surface area contributed by atoms with Crippen molar-refractivity contribution in [3.05, 3.63) is 0 Å². The summed E-state index contributed by atoms with van der Waals surface area (Å²) in [5, 5.41) is 9.39. The van der Waals surface area contributed by atoms with E-state index in [-0.39, 0.29) is 18.5 Å². The van der Waals surface area contributed by atoms with Crippen molar-refractivity contribution in [1.29, 1.82) is 0 Å². The monoisotopic (exact) mass is 722 g/mol. The number of aliphatic hydroxyl groups is 1. The first-order valence-electron chi connectivity index (χ1n) is 23.1. The number of carbonyl (C=O) groups is 2. The standard InChI is InChI=1S/C46H91NO4/c1-5-9-13-26-35-43(33-11-7-3)45(49)37-28-22-18-15-16-19-23-29-38-47(40-32-41-48)39-30-24-20-17-21-25-31-42-51-46(50)44(34-12-8-4)36-27-14-10-6-2/h43-44,48H,5-42H2,1-4H3. The van der Waals surface area contributed by atoms with Crippen LogP contribution in [0.25, 0.3) is 0 Å². The van der Waals surface area contributed by atoms with Crippen LogP contribution in [0.5, 0.6) is 0 Å². The second-order valence-corrected chi connectivity index (χ2v) is 16.0. The summed E-state index contributed by atoms with van der Waals surface area (Å²) >= 11 is 0. The number of aliphatic hydroxyl groups excluding tert-OH is 1. The predicted octanol–water partition coefficient (Wildman–Crippen LogP) is 13.6. The third-order valence-corrected chi connectivity index (χ3v) is 11.1. The first kappa shape index (κ1) is 50.1. The number of esters is 1. The predicted molar refractivity (Wildman–Crippen MR) is 222 cm³/mol. The SMILES string of the molecule is CCCCCCC(CCCC)C(=O)CCCCCCCCCCN(CCCO)CCCCCCCCCOC(=O)C(CCCC)CCCCCC. The molecule has 2 unspecified atom stereocenters. The van der Waals surface area contributed by atoms with E-state index in [4.69, 9.17) is 4.74 Å². The summed E-state index contributed by atoms with van der Waals surface area (Å²) in [6, 6.07) is 0. The zero-order valence-electron chi connectivity index (χ0n) is 35.1. The maximum absolute atomic E-state index is 12.9. The molecule has 0 aliphatic heterocycles. The number of ketones is 1. The molecule has 5 heteroatoms. The molecule has 0 saturated heterocycles. The van der Waals surface area contributed by atoms with E-state index in [0.717, 1.165) is 96.7 Å². The molecule has 0 aromatic rings. The summed E-state index contributed by atoms with van der Waals surface area (Å²) in [6.45, 7) is 13.1. The Bertz CT molecular complexity index is 672. The highest BCUT2D eigenvalue weighted by molar-refractivity contribution is 5.80. The van der Waals surface area contributed by atoms with Crippen LogP contribution in [-0.4, -0.2) is 54.6 Å². The number of Topliss-reactive ketones (excluding diaryl/α,β-unsaturated/α-hetero) is 1. The van der Waals surface area contributed by atoms with Gasteiger partial charge in [0.1, 0.15) is 5.78 Å². The molecule has 0 aliphatic carbocycles. The maximum Gasteiger partial charge on any atom is 0.308 e. The van der Waals surface area contributed by atoms with Gasteiger partial charge in [-0.3, -0.25) is 9.59 Å². The van der Waals surface area contributed by atoms with E-state index in [1.54, 1.807) is 0 Å². The van der Waals surface area contributed by atoms with Crippen LogP contribution < -0.4 is 0 Å². The number of rotatable bonds is 42. The largest absolute Gasteiger partial charge is 0.465 e. The van der Waals surface area contributed by atoms with Gasteiger partial charge in [0.25, 0.3) is 0 Å². The molecular formula is C46H91NO4. The molecule has 0 heterocycles. The quantitative estimate of drug-likeness (QED) is 0.0502. The zero-order valence-corrected chi connectivity index (χ0v) is 35.1. The molecule has 0 aromatic carbocycles. The number of hydrogen-bond donors (Lipinski definition) is 1. The fourth-order valence-corrected chi connectivity index (χ4v) is 7.52. The molecule has 5 nitrogen and oxygen atoms in total. The van der Waals surface area contributed by atoms with Crippen LogP contribution in [0, 0.1) is 11.8 Å². The highest BCUT2D eigenvalue weighted by Crippen LogP contribution is 2.22. The van der Waals surface area contributed by atoms with Crippen LogP contribution in [-0.2, 0) is 14.3 Å². The van der Waals surface area contributed by atoms with Crippen molar-refractivity contribution in [2.45, 2.75) is 240 Å². The lowest BCUT2D eigenvalue weighted by atomic mass is 9.89. The van der Waals surface area contributed by atoms with Gasteiger partial charge in [-0.1, -0.05) is 175 Å². The van der Waals surface area contributed by atoms with Crippen LogP contribution in [0.15, 0.2) is 0 Å². The Labute approximate surface area is 319 Å². The smallest absolute Gasteiger partial charge is 0.308 e. The van der Waals surface area contributed by atoms with Gasteiger partial charge in [0, 0.05) is 25.5 Å². The number of unbranched alkanes of at least 4 members (excludes halogenated alkanes) is 21. The molecule has 0 aliphatic rings. The Hall–Kier alpha value is -0.940. The van der Waals surface area contributed by atoms with Crippen molar-refractivity contribution in [1.82, 2.24) is 4.90 Å². The van der Waals surface area contributed by atoms with Crippen LogP contribution in [0.3, 0.4) is 0 Å². The Balaban J connectivity index is 3.91. The molecule has 0 aromatic heterocycles. The minimum atomic E-state index is 0.0561. The van der Waals surface area contributed by atoms with Crippen molar-refractivity contribution in [3.63, 3.8) is 0 Å². The number of ether oxygens (including phenoxy) is 1. The van der Waals surface area contributed by atoms with E-state index in [2.05, 4.69) is 32.6 Å². The molecule has 2 atom stereocenters. The third-order valence-electron chi connectivity index (χ3n) is 11.1. The van der Waals surface area contributed by atoms with Gasteiger partial charge in [-0.15, -0.1) is 0 Å². The number of nitrogens with zero attached hydrogens (tertiary/aromatic N) is 1. The zero-order chi connectivity index (χ0) is 37.5. The summed E-state index contributed by atoms with van der Waals surface area (Å²) in [5.74, 6) is 1.05. The second kappa shape index (κ2) is 40.2. The van der Waals surface area contributed by atoms with Crippen LogP contribution >= 0.6 is 0 Å². The lowest BCUT2D eigenvalue weighted by molar-refractivity contribution is -0.149. The highest BCUT2D eigenvalue weighted by Gasteiger charge is 2.19. The van der Waals surface area contributed by atoms with Gasteiger partial charge in [0.2, 0.25) is 0 Å². The summed E-state index contributed by atoms with van der Waals surface area (Å²) in [4.78, 5) is 28.1. The van der Waals surface area contributed by atoms with Gasteiger partial charge < -0.3 is 14.7 Å². The Morgan fingerprint density at radius 1 is 0.451 bits per heavy atom. The van der Waals surface area contributed by atoms with Crippen LogP contribution in [0.1, 0.15) is 240 Å². The lowest BCUT2D eigenvalue weighted by Crippen LogP contribution is -2.27. The van der Waals surface area contributed by atoms with Gasteiger partial charge in [0.05, 0.1) is 12.5 Å². The molecule has 1 N–H and O–H groups in total. The van der Waals surface area contributed by atoms with E-state index in [0.29, 0.717) is 18.3 Å². The van der Waals surface area contributed by atoms with Crippen molar-refractivity contribution in [3.8, 4) is 0 Å². The van der Waals surface area contributed by atoms with Gasteiger partial charge >= 0.3 is 5.97 Å². The molecule has 0 saturated carbocycles. The average molecular weight is 722 g/mol. The average Bonchev–Trinajstić information content (AvgIpc) is 3.14. The molecule has 0 radical (unpaired) electrons. The molecule has 0 rings (SSSR count). The Kier molecular flexibility index (Phi) is 39.5. The van der Waals surface area contributed by atoms with E-state index in [9.17, 15) is 14.7 Å². The lowest BCUT2D eigenvalue weighted by Gasteiger charge is -2.22. The molecular weight excluding hydrogens is 631 g/mol. The third kappa shape index (κ3) is 33.4. The fourth-order valence-electron chi connectivity index (χ4n) is 7.52. The van der Waals surface area contributed by atoms with Crippen molar-refractivity contribution in [2.75, 3.05) is 32.8 Å². The van der Waals surface area contributed by atoms with Gasteiger partial charge in [-0.2, -0.15) is 0 Å². The summed E-state index contributed by atoms with van der Waals surface area (Å²) in [7, 11) is 0. The van der Waals surface area contributed by atoms with E-state index in [1.165, 1.54) is 135 Å². The Morgan fingerprint density at radius 2 is 0.843 bits per heavy atom. The molecule has 304 valence electrons. The van der Waals surface area contributed by atoms with Gasteiger partial charge in [-0.05, 0) is 70.9 Å². The topological polar surface area (TPSA) is 66.8 Å². The van der Waals surface area contributed by atoms with Crippen LogP contribution in [0.2, 0.25) is 0 Å². The molecule has 0 spiro atoms. The van der Waals surface area contributed by atoms with E-state index < -0.39 is 0 Å². The number of hydrogen-bond acceptors (Lipinski definition) is 5. The Morgan fingerprint density at radius 3 is 1.35 bits per heavy atom. The minimum Gasteiger partial charge on any atom is -0.465 e. The van der Waals surface area contributed by atoms with Gasteiger partial charge in [-0.25, -0.2) is 0 Å².